The normalized spacial score (nSPS) is 23.8. The highest BCUT2D eigenvalue weighted by Gasteiger charge is 2.22. The molecule has 1 aromatic carbocycles. The van der Waals surface area contributed by atoms with Crippen LogP contribution in [0.1, 0.15) is 36.8 Å². The van der Waals surface area contributed by atoms with Gasteiger partial charge in [0, 0.05) is 18.2 Å². The molecule has 2 rings (SSSR count). The Morgan fingerprint density at radius 1 is 1.40 bits per heavy atom. The molecule has 1 aliphatic carbocycles. The molecule has 2 atom stereocenters. The summed E-state index contributed by atoms with van der Waals surface area (Å²) < 4.78 is 13.2. The second kappa shape index (κ2) is 6.67. The maximum Gasteiger partial charge on any atom is 0.170 e. The fourth-order valence-electron chi connectivity index (χ4n) is 2.59. The molecule has 0 bridgehead atoms. The van der Waals surface area contributed by atoms with Crippen LogP contribution in [0.5, 0.6) is 0 Å². The quantitative estimate of drug-likeness (QED) is 0.290. The third-order valence-electron chi connectivity index (χ3n) is 3.74. The number of rotatable bonds is 4. The first kappa shape index (κ1) is 14.7. The second-order valence-corrected chi connectivity index (χ2v) is 5.13. The number of aliphatic hydroxyl groups excluding tert-OH is 1. The molecule has 5 nitrogen and oxygen atoms in total. The van der Waals surface area contributed by atoms with Crippen LogP contribution in [0, 0.1) is 5.82 Å². The first-order valence-electron chi connectivity index (χ1n) is 6.79. The molecular formula is C14H20FN3O2. The summed E-state index contributed by atoms with van der Waals surface area (Å²) >= 11 is 0. The smallest absolute Gasteiger partial charge is 0.170 e. The first-order valence-corrected chi connectivity index (χ1v) is 6.79. The molecule has 110 valence electrons. The summed E-state index contributed by atoms with van der Waals surface area (Å²) in [6.45, 7) is 0.438. The summed E-state index contributed by atoms with van der Waals surface area (Å²) in [5.74, 6) is -0.557. The van der Waals surface area contributed by atoms with Gasteiger partial charge in [-0.25, -0.2) is 4.39 Å². The van der Waals surface area contributed by atoms with E-state index in [1.165, 1.54) is 12.1 Å². The van der Waals surface area contributed by atoms with Gasteiger partial charge >= 0.3 is 0 Å². The van der Waals surface area contributed by atoms with E-state index in [1.807, 2.05) is 0 Å². The third-order valence-corrected chi connectivity index (χ3v) is 3.74. The molecule has 0 saturated heterocycles. The van der Waals surface area contributed by atoms with Crippen molar-refractivity contribution in [2.75, 3.05) is 0 Å². The molecule has 0 heterocycles. The van der Waals surface area contributed by atoms with Gasteiger partial charge in [0.2, 0.25) is 0 Å². The van der Waals surface area contributed by atoms with Gasteiger partial charge in [0.05, 0.1) is 6.10 Å². The van der Waals surface area contributed by atoms with Gasteiger partial charge in [-0.05, 0) is 30.5 Å². The third kappa shape index (κ3) is 3.46. The first-order chi connectivity index (χ1) is 9.61. The van der Waals surface area contributed by atoms with Gasteiger partial charge in [-0.2, -0.15) is 0 Å². The minimum atomic E-state index is -0.437. The Balaban J connectivity index is 2.09. The molecule has 5 N–H and O–H groups in total. The van der Waals surface area contributed by atoms with Crippen molar-refractivity contribution in [1.82, 2.24) is 5.32 Å². The summed E-state index contributed by atoms with van der Waals surface area (Å²) in [5, 5.41) is 24.8. The highest BCUT2D eigenvalue weighted by Crippen LogP contribution is 2.19. The standard InChI is InChI=1S/C14H20FN3O2/c15-10-6-5-9(11(7-10)14(16)18-20)8-17-12-3-1-2-4-13(12)19/h5-7,12-13,17,19-20H,1-4,8H2,(H2,16,18). The Morgan fingerprint density at radius 3 is 2.85 bits per heavy atom. The molecule has 1 aromatic rings. The topological polar surface area (TPSA) is 90.9 Å². The van der Waals surface area contributed by atoms with Crippen LogP contribution in [-0.4, -0.2) is 28.3 Å². The largest absolute Gasteiger partial charge is 0.409 e. The predicted molar refractivity (Wildman–Crippen MR) is 74.0 cm³/mol. The van der Waals surface area contributed by atoms with Crippen molar-refractivity contribution in [2.24, 2.45) is 10.9 Å². The zero-order valence-corrected chi connectivity index (χ0v) is 11.2. The van der Waals surface area contributed by atoms with Crippen molar-refractivity contribution in [3.63, 3.8) is 0 Å². The number of aliphatic hydroxyl groups is 1. The lowest BCUT2D eigenvalue weighted by Crippen LogP contribution is -2.41. The molecule has 0 spiro atoms. The summed E-state index contributed by atoms with van der Waals surface area (Å²) in [4.78, 5) is 0. The van der Waals surface area contributed by atoms with E-state index in [-0.39, 0.29) is 18.0 Å². The number of benzene rings is 1. The average Bonchev–Trinajstić information content (AvgIpc) is 2.46. The Labute approximate surface area is 117 Å². The van der Waals surface area contributed by atoms with Crippen molar-refractivity contribution >= 4 is 5.84 Å². The van der Waals surface area contributed by atoms with E-state index in [0.717, 1.165) is 31.2 Å². The lowest BCUT2D eigenvalue weighted by atomic mass is 9.92. The fourth-order valence-corrected chi connectivity index (χ4v) is 2.59. The molecule has 1 saturated carbocycles. The zero-order chi connectivity index (χ0) is 14.5. The number of hydrogen-bond donors (Lipinski definition) is 4. The minimum absolute atomic E-state index is 0.0361. The van der Waals surface area contributed by atoms with Crippen molar-refractivity contribution in [2.45, 2.75) is 44.4 Å². The van der Waals surface area contributed by atoms with Crippen molar-refractivity contribution in [3.8, 4) is 0 Å². The van der Waals surface area contributed by atoms with Crippen LogP contribution in [0.2, 0.25) is 0 Å². The van der Waals surface area contributed by atoms with E-state index in [2.05, 4.69) is 10.5 Å². The number of halogens is 1. The van der Waals surface area contributed by atoms with E-state index in [9.17, 15) is 9.50 Å². The van der Waals surface area contributed by atoms with Crippen LogP contribution < -0.4 is 11.1 Å². The van der Waals surface area contributed by atoms with E-state index in [1.54, 1.807) is 6.07 Å². The van der Waals surface area contributed by atoms with Gasteiger partial charge in [-0.1, -0.05) is 24.1 Å². The fraction of sp³-hybridized carbons (Fsp3) is 0.500. The van der Waals surface area contributed by atoms with Gasteiger partial charge in [-0.3, -0.25) is 0 Å². The van der Waals surface area contributed by atoms with Crippen LogP contribution in [0.25, 0.3) is 0 Å². The summed E-state index contributed by atoms with van der Waals surface area (Å²) in [7, 11) is 0. The number of amidine groups is 1. The summed E-state index contributed by atoms with van der Waals surface area (Å²) in [5.41, 5.74) is 6.66. The zero-order valence-electron chi connectivity index (χ0n) is 11.2. The summed E-state index contributed by atoms with van der Waals surface area (Å²) in [6, 6.07) is 4.21. The van der Waals surface area contributed by atoms with Crippen molar-refractivity contribution in [1.29, 1.82) is 0 Å². The Hall–Kier alpha value is -1.66. The van der Waals surface area contributed by atoms with Gasteiger partial charge < -0.3 is 21.4 Å². The van der Waals surface area contributed by atoms with Gasteiger partial charge in [0.25, 0.3) is 0 Å². The number of nitrogens with one attached hydrogen (secondary N) is 1. The van der Waals surface area contributed by atoms with Crippen LogP contribution in [-0.2, 0) is 6.54 Å². The number of oxime groups is 1. The van der Waals surface area contributed by atoms with E-state index in [0.29, 0.717) is 12.1 Å². The van der Waals surface area contributed by atoms with Gasteiger partial charge in [0.1, 0.15) is 5.82 Å². The van der Waals surface area contributed by atoms with Crippen LogP contribution in [0.3, 0.4) is 0 Å². The molecular weight excluding hydrogens is 261 g/mol. The molecule has 1 fully saturated rings. The van der Waals surface area contributed by atoms with Crippen LogP contribution in [0.4, 0.5) is 4.39 Å². The van der Waals surface area contributed by atoms with Gasteiger partial charge in [0.15, 0.2) is 5.84 Å². The highest BCUT2D eigenvalue weighted by atomic mass is 19.1. The predicted octanol–water partition coefficient (Wildman–Crippen LogP) is 1.31. The number of nitrogens with two attached hydrogens (primary N) is 1. The maximum atomic E-state index is 13.2. The monoisotopic (exact) mass is 281 g/mol. The Bertz CT molecular complexity index is 493. The van der Waals surface area contributed by atoms with E-state index >= 15 is 0 Å². The van der Waals surface area contributed by atoms with E-state index in [4.69, 9.17) is 10.9 Å². The Morgan fingerprint density at radius 2 is 2.15 bits per heavy atom. The molecule has 0 amide bonds. The summed E-state index contributed by atoms with van der Waals surface area (Å²) in [6.07, 6.45) is 3.50. The number of hydrogen-bond acceptors (Lipinski definition) is 4. The molecule has 2 unspecified atom stereocenters. The SMILES string of the molecule is NC(=NO)c1cc(F)ccc1CNC1CCCCC1O. The number of nitrogens with zero attached hydrogens (tertiary/aromatic N) is 1. The molecule has 1 aliphatic rings. The lowest BCUT2D eigenvalue weighted by Gasteiger charge is -2.28. The van der Waals surface area contributed by atoms with E-state index < -0.39 is 5.82 Å². The van der Waals surface area contributed by atoms with Crippen molar-refractivity contribution < 1.29 is 14.7 Å². The molecule has 0 radical (unpaired) electrons. The van der Waals surface area contributed by atoms with Crippen molar-refractivity contribution in [3.05, 3.63) is 35.1 Å². The maximum absolute atomic E-state index is 13.2. The minimum Gasteiger partial charge on any atom is -0.409 e. The molecule has 6 heteroatoms. The second-order valence-electron chi connectivity index (χ2n) is 5.13. The average molecular weight is 281 g/mol. The molecule has 0 aliphatic heterocycles. The van der Waals surface area contributed by atoms with Gasteiger partial charge in [-0.15, -0.1) is 0 Å². The van der Waals surface area contributed by atoms with Crippen LogP contribution in [0.15, 0.2) is 23.4 Å². The molecule has 0 aromatic heterocycles. The highest BCUT2D eigenvalue weighted by molar-refractivity contribution is 5.98. The van der Waals surface area contributed by atoms with Crippen LogP contribution >= 0.6 is 0 Å². The Kier molecular flexibility index (Phi) is 4.92. The lowest BCUT2D eigenvalue weighted by molar-refractivity contribution is 0.0902. The molecule has 20 heavy (non-hydrogen) atoms.